The van der Waals surface area contributed by atoms with Crippen molar-refractivity contribution in [2.24, 2.45) is 0 Å². The van der Waals surface area contributed by atoms with E-state index >= 15 is 0 Å². The van der Waals surface area contributed by atoms with Gasteiger partial charge >= 0.3 is 5.97 Å². The van der Waals surface area contributed by atoms with Gasteiger partial charge in [0, 0.05) is 12.6 Å². The second-order valence-electron chi connectivity index (χ2n) is 5.50. The van der Waals surface area contributed by atoms with Gasteiger partial charge in [-0.3, -0.25) is 4.98 Å². The Balaban J connectivity index is 2.14. The topological polar surface area (TPSA) is 68.7 Å². The molecule has 5 nitrogen and oxygen atoms in total. The van der Waals surface area contributed by atoms with Crippen LogP contribution in [-0.4, -0.2) is 28.3 Å². The van der Waals surface area contributed by atoms with Crippen LogP contribution in [0.1, 0.15) is 31.5 Å². The predicted octanol–water partition coefficient (Wildman–Crippen LogP) is 2.91. The van der Waals surface area contributed by atoms with Crippen molar-refractivity contribution in [3.63, 3.8) is 0 Å². The first-order valence-electron chi connectivity index (χ1n) is 8.09. The van der Waals surface area contributed by atoms with E-state index in [4.69, 9.17) is 9.47 Å². The number of ether oxygens (including phenoxy) is 2. The molecule has 0 aliphatic rings. The molecule has 128 valence electrons. The van der Waals surface area contributed by atoms with Crippen LogP contribution in [0.2, 0.25) is 0 Å². The quantitative estimate of drug-likeness (QED) is 0.754. The molecule has 0 aliphatic heterocycles. The fourth-order valence-corrected chi connectivity index (χ4v) is 2.35. The Morgan fingerprint density at radius 1 is 1.17 bits per heavy atom. The minimum atomic E-state index is -1.56. The number of para-hydroxylation sites is 1. The first kappa shape index (κ1) is 17.9. The van der Waals surface area contributed by atoms with Crippen molar-refractivity contribution < 1.29 is 19.4 Å². The lowest BCUT2D eigenvalue weighted by molar-refractivity contribution is -0.165. The standard InChI is InChI=1S/C19H23NO4/c1-3-19(22,18(21)23-4-2)13-15-9-5-6-11-17(15)24-14-16-10-7-8-12-20-16/h5-12,22H,3-4,13-14H2,1-2H3/t19-/m1/s1. The van der Waals surface area contributed by atoms with Crippen LogP contribution < -0.4 is 4.74 Å². The summed E-state index contributed by atoms with van der Waals surface area (Å²) in [6.07, 6.45) is 2.11. The monoisotopic (exact) mass is 329 g/mol. The fourth-order valence-electron chi connectivity index (χ4n) is 2.35. The van der Waals surface area contributed by atoms with Crippen molar-refractivity contribution in [3.05, 3.63) is 59.9 Å². The molecule has 1 heterocycles. The molecule has 0 saturated carbocycles. The number of nitrogens with zero attached hydrogens (tertiary/aromatic N) is 1. The van der Waals surface area contributed by atoms with Crippen molar-refractivity contribution in [2.75, 3.05) is 6.61 Å². The van der Waals surface area contributed by atoms with E-state index in [0.29, 0.717) is 12.4 Å². The van der Waals surface area contributed by atoms with E-state index in [0.717, 1.165) is 11.3 Å². The molecule has 0 amide bonds. The van der Waals surface area contributed by atoms with Gasteiger partial charge in [-0.05, 0) is 37.1 Å². The minimum absolute atomic E-state index is 0.140. The maximum absolute atomic E-state index is 12.1. The summed E-state index contributed by atoms with van der Waals surface area (Å²) >= 11 is 0. The molecule has 0 radical (unpaired) electrons. The highest BCUT2D eigenvalue weighted by Crippen LogP contribution is 2.26. The van der Waals surface area contributed by atoms with Gasteiger partial charge in [0.25, 0.3) is 0 Å². The van der Waals surface area contributed by atoms with Crippen LogP contribution in [0.25, 0.3) is 0 Å². The number of hydrogen-bond donors (Lipinski definition) is 1. The second-order valence-corrected chi connectivity index (χ2v) is 5.50. The highest BCUT2D eigenvalue weighted by atomic mass is 16.5. The van der Waals surface area contributed by atoms with Crippen LogP contribution in [0.5, 0.6) is 5.75 Å². The molecule has 0 unspecified atom stereocenters. The van der Waals surface area contributed by atoms with Gasteiger partial charge in [-0.15, -0.1) is 0 Å². The summed E-state index contributed by atoms with van der Waals surface area (Å²) in [6, 6.07) is 13.0. The fraction of sp³-hybridized carbons (Fsp3) is 0.368. The SMILES string of the molecule is CCOC(=O)[C@@](O)(CC)Cc1ccccc1OCc1ccccn1. The van der Waals surface area contributed by atoms with Gasteiger partial charge in [0.15, 0.2) is 5.60 Å². The number of esters is 1. The Morgan fingerprint density at radius 2 is 1.92 bits per heavy atom. The largest absolute Gasteiger partial charge is 0.487 e. The Kier molecular flexibility index (Phi) is 6.32. The zero-order valence-corrected chi connectivity index (χ0v) is 14.1. The number of carbonyl (C=O) groups is 1. The van der Waals surface area contributed by atoms with Gasteiger partial charge in [-0.1, -0.05) is 31.2 Å². The molecular weight excluding hydrogens is 306 g/mol. The van der Waals surface area contributed by atoms with Crippen LogP contribution in [-0.2, 0) is 22.6 Å². The molecule has 0 fully saturated rings. The van der Waals surface area contributed by atoms with Gasteiger partial charge in [-0.2, -0.15) is 0 Å². The third kappa shape index (κ3) is 4.55. The van der Waals surface area contributed by atoms with Gasteiger partial charge in [0.1, 0.15) is 12.4 Å². The predicted molar refractivity (Wildman–Crippen MR) is 90.6 cm³/mol. The summed E-state index contributed by atoms with van der Waals surface area (Å²) in [4.78, 5) is 16.3. The maximum atomic E-state index is 12.1. The second kappa shape index (κ2) is 8.45. The van der Waals surface area contributed by atoms with Crippen LogP contribution in [0.3, 0.4) is 0 Å². The highest BCUT2D eigenvalue weighted by Gasteiger charge is 2.36. The highest BCUT2D eigenvalue weighted by molar-refractivity contribution is 5.79. The molecule has 1 N–H and O–H groups in total. The molecule has 0 saturated heterocycles. The number of aliphatic hydroxyl groups is 1. The number of aromatic nitrogens is 1. The zero-order chi connectivity index (χ0) is 17.4. The van der Waals surface area contributed by atoms with Crippen LogP contribution in [0.15, 0.2) is 48.7 Å². The molecule has 0 spiro atoms. The smallest absolute Gasteiger partial charge is 0.338 e. The molecule has 1 aromatic heterocycles. The van der Waals surface area contributed by atoms with Gasteiger partial charge in [0.05, 0.1) is 12.3 Å². The van der Waals surface area contributed by atoms with Crippen molar-refractivity contribution in [2.45, 2.75) is 38.9 Å². The van der Waals surface area contributed by atoms with Crippen LogP contribution in [0, 0.1) is 0 Å². The molecule has 24 heavy (non-hydrogen) atoms. The van der Waals surface area contributed by atoms with Gasteiger partial charge < -0.3 is 14.6 Å². The molecule has 1 aromatic carbocycles. The lowest BCUT2D eigenvalue weighted by Gasteiger charge is -2.25. The van der Waals surface area contributed by atoms with E-state index in [-0.39, 0.29) is 19.4 Å². The Bertz CT molecular complexity index is 659. The summed E-state index contributed by atoms with van der Waals surface area (Å²) in [7, 11) is 0. The van der Waals surface area contributed by atoms with E-state index in [1.807, 2.05) is 42.5 Å². The molecule has 5 heteroatoms. The van der Waals surface area contributed by atoms with Gasteiger partial charge in [-0.25, -0.2) is 4.79 Å². The van der Waals surface area contributed by atoms with E-state index in [1.54, 1.807) is 20.0 Å². The van der Waals surface area contributed by atoms with Crippen molar-refractivity contribution in [1.82, 2.24) is 4.98 Å². The maximum Gasteiger partial charge on any atom is 0.338 e. The van der Waals surface area contributed by atoms with E-state index in [9.17, 15) is 9.90 Å². The number of rotatable bonds is 8. The minimum Gasteiger partial charge on any atom is -0.487 e. The van der Waals surface area contributed by atoms with E-state index < -0.39 is 11.6 Å². The molecule has 2 rings (SSSR count). The van der Waals surface area contributed by atoms with Crippen LogP contribution >= 0.6 is 0 Å². The number of hydrogen-bond acceptors (Lipinski definition) is 5. The van der Waals surface area contributed by atoms with Gasteiger partial charge in [0.2, 0.25) is 0 Å². The van der Waals surface area contributed by atoms with Crippen molar-refractivity contribution in [3.8, 4) is 5.75 Å². The summed E-state index contributed by atoms with van der Waals surface area (Å²) in [5, 5.41) is 10.6. The lowest BCUT2D eigenvalue weighted by Crippen LogP contribution is -2.41. The number of carbonyl (C=O) groups excluding carboxylic acids is 1. The first-order valence-corrected chi connectivity index (χ1v) is 8.09. The molecule has 0 aliphatic carbocycles. The normalized spacial score (nSPS) is 13.1. The van der Waals surface area contributed by atoms with Crippen molar-refractivity contribution >= 4 is 5.97 Å². The lowest BCUT2D eigenvalue weighted by atomic mass is 9.91. The molecule has 0 bridgehead atoms. The van der Waals surface area contributed by atoms with E-state index in [1.165, 1.54) is 0 Å². The molecule has 2 aromatic rings. The summed E-state index contributed by atoms with van der Waals surface area (Å²) in [6.45, 7) is 4.03. The average Bonchev–Trinajstić information content (AvgIpc) is 2.62. The zero-order valence-electron chi connectivity index (χ0n) is 14.1. The average molecular weight is 329 g/mol. The van der Waals surface area contributed by atoms with Crippen LogP contribution in [0.4, 0.5) is 0 Å². The summed E-state index contributed by atoms with van der Waals surface area (Å²) in [5.41, 5.74) is 0.00906. The van der Waals surface area contributed by atoms with Crippen molar-refractivity contribution in [1.29, 1.82) is 0 Å². The third-order valence-electron chi connectivity index (χ3n) is 3.80. The van der Waals surface area contributed by atoms with E-state index in [2.05, 4.69) is 4.98 Å². The Labute approximate surface area is 142 Å². The summed E-state index contributed by atoms with van der Waals surface area (Å²) < 4.78 is 10.8. The Hall–Kier alpha value is -2.40. The third-order valence-corrected chi connectivity index (χ3v) is 3.80. The number of pyridine rings is 1. The summed E-state index contributed by atoms with van der Waals surface area (Å²) in [5.74, 6) is 0.0198. The Morgan fingerprint density at radius 3 is 2.58 bits per heavy atom. The molecular formula is C19H23NO4. The molecule has 1 atom stereocenters. The number of benzene rings is 1. The first-order chi connectivity index (χ1) is 11.6.